The Morgan fingerprint density at radius 3 is 2.61 bits per heavy atom. The highest BCUT2D eigenvalue weighted by Crippen LogP contribution is 2.26. The van der Waals surface area contributed by atoms with Crippen LogP contribution in [0, 0.1) is 5.92 Å². The van der Waals surface area contributed by atoms with Crippen LogP contribution in [0.4, 0.5) is 4.79 Å². The van der Waals surface area contributed by atoms with E-state index < -0.39 is 0 Å². The Hall–Kier alpha value is -2.93. The predicted octanol–water partition coefficient (Wildman–Crippen LogP) is 3.17. The minimum absolute atomic E-state index is 0.00695. The Morgan fingerprint density at radius 2 is 1.79 bits per heavy atom. The Morgan fingerprint density at radius 1 is 1.00 bits per heavy atom. The van der Waals surface area contributed by atoms with Gasteiger partial charge in [-0.15, -0.1) is 0 Å². The number of likely N-dealkylation sites (tertiary alicyclic amines) is 1. The first-order valence-electron chi connectivity index (χ1n) is 12.2. The zero-order valence-corrected chi connectivity index (χ0v) is 19.3. The minimum Gasteiger partial charge on any atom is -0.356 e. The quantitative estimate of drug-likeness (QED) is 0.752. The summed E-state index contributed by atoms with van der Waals surface area (Å²) in [5, 5.41) is 6.22. The highest BCUT2D eigenvalue weighted by molar-refractivity contribution is 5.80. The maximum Gasteiger partial charge on any atom is 0.317 e. The number of piperidine rings is 1. The summed E-state index contributed by atoms with van der Waals surface area (Å²) in [7, 11) is 0. The third-order valence-corrected chi connectivity index (χ3v) is 6.77. The Kier molecular flexibility index (Phi) is 8.30. The number of hydrogen-bond donors (Lipinski definition) is 2. The fourth-order valence-electron chi connectivity index (χ4n) is 4.90. The van der Waals surface area contributed by atoms with Gasteiger partial charge in [-0.3, -0.25) is 14.7 Å². The number of benzene rings is 1. The lowest BCUT2D eigenvalue weighted by atomic mass is 9.89. The van der Waals surface area contributed by atoms with Crippen LogP contribution in [0.15, 0.2) is 54.9 Å². The monoisotopic (exact) mass is 449 g/mol. The van der Waals surface area contributed by atoms with Crippen LogP contribution in [-0.4, -0.2) is 58.9 Å². The molecule has 1 aromatic heterocycles. The summed E-state index contributed by atoms with van der Waals surface area (Å²) in [6, 6.07) is 14.0. The molecule has 2 fully saturated rings. The van der Waals surface area contributed by atoms with Gasteiger partial charge in [0.15, 0.2) is 0 Å². The molecule has 0 bridgehead atoms. The van der Waals surface area contributed by atoms with E-state index in [1.54, 1.807) is 0 Å². The molecular weight excluding hydrogens is 414 g/mol. The first-order valence-corrected chi connectivity index (χ1v) is 12.2. The molecule has 0 saturated carbocycles. The Labute approximate surface area is 196 Å². The standard InChI is InChI=1S/C26H35N5O2/c32-25-23-12-17-31(26(33)29-18-21-8-4-3-5-9-21)20-24(23)30(16-7-2-1-6-13-28-25)19-22-10-14-27-15-11-22/h3-5,8-11,14-15,23-24H,1-2,6-7,12-13,16-20H2,(H,28,32)(H,29,33). The number of carbonyl (C=O) groups is 2. The van der Waals surface area contributed by atoms with Crippen LogP contribution < -0.4 is 10.6 Å². The van der Waals surface area contributed by atoms with Gasteiger partial charge in [-0.2, -0.15) is 0 Å². The summed E-state index contributed by atoms with van der Waals surface area (Å²) in [5.41, 5.74) is 2.26. The van der Waals surface area contributed by atoms with Crippen molar-refractivity contribution in [2.75, 3.05) is 26.2 Å². The van der Waals surface area contributed by atoms with Crippen molar-refractivity contribution in [3.05, 3.63) is 66.0 Å². The third kappa shape index (κ3) is 6.54. The number of nitrogens with zero attached hydrogens (tertiary/aromatic N) is 3. The second-order valence-electron chi connectivity index (χ2n) is 9.08. The first-order chi connectivity index (χ1) is 16.2. The van der Waals surface area contributed by atoms with Crippen molar-refractivity contribution < 1.29 is 9.59 Å². The van der Waals surface area contributed by atoms with Crippen LogP contribution in [-0.2, 0) is 17.9 Å². The molecule has 2 saturated heterocycles. The maximum absolute atomic E-state index is 13.1. The Balaban J connectivity index is 1.49. The number of aromatic nitrogens is 1. The highest BCUT2D eigenvalue weighted by atomic mass is 16.2. The normalized spacial score (nSPS) is 22.5. The molecule has 2 unspecified atom stereocenters. The summed E-state index contributed by atoms with van der Waals surface area (Å²) in [5.74, 6) is 0.0223. The molecule has 0 aliphatic carbocycles. The van der Waals surface area contributed by atoms with Gasteiger partial charge in [0.05, 0.1) is 5.92 Å². The van der Waals surface area contributed by atoms with Crippen LogP contribution in [0.25, 0.3) is 0 Å². The van der Waals surface area contributed by atoms with Crippen molar-refractivity contribution in [1.82, 2.24) is 25.4 Å². The molecule has 2 atom stereocenters. The minimum atomic E-state index is -0.108. The van der Waals surface area contributed by atoms with E-state index in [-0.39, 0.29) is 23.9 Å². The number of nitrogens with one attached hydrogen (secondary N) is 2. The third-order valence-electron chi connectivity index (χ3n) is 6.77. The fraction of sp³-hybridized carbons (Fsp3) is 0.500. The van der Waals surface area contributed by atoms with Crippen LogP contribution in [0.5, 0.6) is 0 Å². The van der Waals surface area contributed by atoms with E-state index in [4.69, 9.17) is 0 Å². The molecule has 3 heterocycles. The fourth-order valence-corrected chi connectivity index (χ4v) is 4.90. The largest absolute Gasteiger partial charge is 0.356 e. The van der Waals surface area contributed by atoms with Crippen molar-refractivity contribution >= 4 is 11.9 Å². The molecule has 7 heteroatoms. The molecule has 2 N–H and O–H groups in total. The van der Waals surface area contributed by atoms with Crippen molar-refractivity contribution in [3.63, 3.8) is 0 Å². The average Bonchev–Trinajstić information content (AvgIpc) is 2.89. The van der Waals surface area contributed by atoms with Crippen LogP contribution in [0.3, 0.4) is 0 Å². The van der Waals surface area contributed by atoms with E-state index in [9.17, 15) is 9.59 Å². The summed E-state index contributed by atoms with van der Waals surface area (Å²) in [6.07, 6.45) is 8.73. The van der Waals surface area contributed by atoms with Gasteiger partial charge in [-0.1, -0.05) is 43.2 Å². The topological polar surface area (TPSA) is 77.6 Å². The number of pyridine rings is 1. The van der Waals surface area contributed by atoms with E-state index in [0.717, 1.165) is 50.9 Å². The van der Waals surface area contributed by atoms with Gasteiger partial charge in [-0.25, -0.2) is 4.79 Å². The van der Waals surface area contributed by atoms with Crippen molar-refractivity contribution in [1.29, 1.82) is 0 Å². The van der Waals surface area contributed by atoms with Gasteiger partial charge in [-0.05, 0) is 49.1 Å². The molecule has 3 amide bonds. The van der Waals surface area contributed by atoms with Crippen molar-refractivity contribution in [2.24, 2.45) is 5.92 Å². The van der Waals surface area contributed by atoms with Crippen molar-refractivity contribution in [3.8, 4) is 0 Å². The number of urea groups is 1. The average molecular weight is 450 g/mol. The molecule has 0 spiro atoms. The van der Waals surface area contributed by atoms with E-state index in [1.807, 2.05) is 59.8 Å². The molecule has 7 nitrogen and oxygen atoms in total. The van der Waals surface area contributed by atoms with Gasteiger partial charge in [0, 0.05) is 51.2 Å². The second-order valence-corrected chi connectivity index (χ2v) is 9.08. The molecule has 2 aliphatic heterocycles. The van der Waals surface area contributed by atoms with Gasteiger partial charge in [0.2, 0.25) is 5.91 Å². The lowest BCUT2D eigenvalue weighted by molar-refractivity contribution is -0.129. The number of amides is 3. The van der Waals surface area contributed by atoms with Gasteiger partial charge < -0.3 is 15.5 Å². The lowest BCUT2D eigenvalue weighted by Gasteiger charge is -2.43. The van der Waals surface area contributed by atoms with E-state index in [0.29, 0.717) is 26.1 Å². The highest BCUT2D eigenvalue weighted by Gasteiger charge is 2.39. The molecule has 0 radical (unpaired) electrons. The zero-order chi connectivity index (χ0) is 22.9. The van der Waals surface area contributed by atoms with E-state index in [1.165, 1.54) is 5.56 Å². The maximum atomic E-state index is 13.1. The van der Waals surface area contributed by atoms with Crippen LogP contribution in [0.2, 0.25) is 0 Å². The van der Waals surface area contributed by atoms with Crippen LogP contribution in [0.1, 0.15) is 43.2 Å². The van der Waals surface area contributed by atoms with Crippen LogP contribution >= 0.6 is 0 Å². The summed E-state index contributed by atoms with van der Waals surface area (Å²) >= 11 is 0. The van der Waals surface area contributed by atoms with Gasteiger partial charge in [0.25, 0.3) is 0 Å². The molecule has 2 aliphatic rings. The van der Waals surface area contributed by atoms with Gasteiger partial charge in [0.1, 0.15) is 0 Å². The molecular formula is C26H35N5O2. The summed E-state index contributed by atoms with van der Waals surface area (Å²) in [4.78, 5) is 34.6. The SMILES string of the molecule is O=C1NCCCCCCN(Cc2ccncc2)C2CN(C(=O)NCc3ccccc3)CCC12. The van der Waals surface area contributed by atoms with Crippen molar-refractivity contribution in [2.45, 2.75) is 51.2 Å². The Bertz CT molecular complexity index is 892. The second kappa shape index (κ2) is 11.8. The zero-order valence-electron chi connectivity index (χ0n) is 19.3. The predicted molar refractivity (Wildman–Crippen MR) is 128 cm³/mol. The van der Waals surface area contributed by atoms with E-state index in [2.05, 4.69) is 20.5 Å². The first kappa shape index (κ1) is 23.2. The summed E-state index contributed by atoms with van der Waals surface area (Å²) < 4.78 is 0. The molecule has 176 valence electrons. The van der Waals surface area contributed by atoms with Gasteiger partial charge >= 0.3 is 6.03 Å². The smallest absolute Gasteiger partial charge is 0.317 e. The molecule has 2 aromatic rings. The van der Waals surface area contributed by atoms with E-state index >= 15 is 0 Å². The number of carbonyl (C=O) groups excluding carboxylic acids is 2. The molecule has 33 heavy (non-hydrogen) atoms. The number of fused-ring (bicyclic) bond motifs is 1. The number of rotatable bonds is 4. The lowest BCUT2D eigenvalue weighted by Crippen LogP contribution is -2.58. The summed E-state index contributed by atoms with van der Waals surface area (Å²) in [6.45, 7) is 4.09. The number of hydrogen-bond acceptors (Lipinski definition) is 4. The molecule has 1 aromatic carbocycles. The molecule has 4 rings (SSSR count).